The van der Waals surface area contributed by atoms with Crippen LogP contribution in [0.5, 0.6) is 0 Å². The largest absolute Gasteiger partial charge is 0.391 e. The number of aromatic amines is 1. The molecule has 0 radical (unpaired) electrons. The highest BCUT2D eigenvalue weighted by Gasteiger charge is 2.41. The molecule has 5 nitrogen and oxygen atoms in total. The maximum absolute atomic E-state index is 12.6. The Balaban J connectivity index is 1.76. The van der Waals surface area contributed by atoms with Gasteiger partial charge in [-0.05, 0) is 31.6 Å². The van der Waals surface area contributed by atoms with E-state index < -0.39 is 12.1 Å². The molecule has 1 aromatic heterocycles. The molecule has 20 heavy (non-hydrogen) atoms. The van der Waals surface area contributed by atoms with Crippen LogP contribution in [0.1, 0.15) is 25.7 Å². The van der Waals surface area contributed by atoms with E-state index in [0.717, 1.165) is 0 Å². The minimum Gasteiger partial charge on any atom is -0.354 e. The summed E-state index contributed by atoms with van der Waals surface area (Å²) in [6, 6.07) is 0. The average Bonchev–Trinajstić information content (AvgIpc) is 2.85. The molecule has 0 aromatic carbocycles. The van der Waals surface area contributed by atoms with Gasteiger partial charge in [0.1, 0.15) is 0 Å². The van der Waals surface area contributed by atoms with Gasteiger partial charge in [0.25, 0.3) is 0 Å². The lowest BCUT2D eigenvalue weighted by Gasteiger charge is -2.29. The van der Waals surface area contributed by atoms with Gasteiger partial charge >= 0.3 is 6.18 Å². The first kappa shape index (κ1) is 14.9. The number of nitrogens with zero attached hydrogens (tertiary/aromatic N) is 3. The Labute approximate surface area is 115 Å². The highest BCUT2D eigenvalue weighted by molar-refractivity contribution is 5.34. The van der Waals surface area contributed by atoms with Gasteiger partial charge in [0, 0.05) is 20.6 Å². The fraction of sp³-hybridized carbons (Fsp3) is 0.833. The van der Waals surface area contributed by atoms with Crippen LogP contribution >= 0.6 is 0 Å². The molecule has 0 saturated heterocycles. The zero-order valence-electron chi connectivity index (χ0n) is 11.7. The minimum absolute atomic E-state index is 0.231. The number of anilines is 2. The Bertz CT molecular complexity index is 421. The van der Waals surface area contributed by atoms with E-state index in [1.54, 1.807) is 4.90 Å². The molecule has 2 rings (SSSR count). The first-order valence-corrected chi connectivity index (χ1v) is 6.76. The SMILES string of the molecule is CN(C)c1n[nH]c(NCC2CCC(C(F)(F)F)CC2)n1. The third-order valence-corrected chi connectivity index (χ3v) is 3.74. The monoisotopic (exact) mass is 291 g/mol. The molecule has 1 heterocycles. The normalized spacial score (nSPS) is 23.6. The standard InChI is InChI=1S/C12H20F3N5/c1-20(2)11-17-10(18-19-11)16-7-8-3-5-9(6-4-8)12(13,14)15/h8-9H,3-7H2,1-2H3,(H2,16,17,18,19). The first-order valence-electron chi connectivity index (χ1n) is 6.76. The first-order chi connectivity index (χ1) is 9.36. The van der Waals surface area contributed by atoms with E-state index in [-0.39, 0.29) is 18.8 Å². The molecule has 0 spiro atoms. The number of rotatable bonds is 4. The van der Waals surface area contributed by atoms with E-state index in [4.69, 9.17) is 0 Å². The van der Waals surface area contributed by atoms with Crippen LogP contribution < -0.4 is 10.2 Å². The van der Waals surface area contributed by atoms with E-state index in [1.807, 2.05) is 14.1 Å². The maximum atomic E-state index is 12.6. The molecule has 1 aromatic rings. The summed E-state index contributed by atoms with van der Waals surface area (Å²) in [6.45, 7) is 0.632. The Morgan fingerprint density at radius 3 is 2.40 bits per heavy atom. The molecule has 0 unspecified atom stereocenters. The molecule has 0 atom stereocenters. The lowest BCUT2D eigenvalue weighted by molar-refractivity contribution is -0.183. The molecule has 1 aliphatic rings. The summed E-state index contributed by atoms with van der Waals surface area (Å²) in [5, 5.41) is 9.87. The molecule has 0 bridgehead atoms. The van der Waals surface area contributed by atoms with Gasteiger partial charge in [-0.15, -0.1) is 5.10 Å². The van der Waals surface area contributed by atoms with Gasteiger partial charge in [0.15, 0.2) is 0 Å². The fourth-order valence-electron chi connectivity index (χ4n) is 2.47. The molecular formula is C12H20F3N5. The summed E-state index contributed by atoms with van der Waals surface area (Å²) in [5.74, 6) is 0.283. The Morgan fingerprint density at radius 1 is 1.25 bits per heavy atom. The molecule has 1 fully saturated rings. The van der Waals surface area contributed by atoms with Crippen LogP contribution in [0.3, 0.4) is 0 Å². The Morgan fingerprint density at radius 2 is 1.90 bits per heavy atom. The average molecular weight is 291 g/mol. The van der Waals surface area contributed by atoms with Crippen molar-refractivity contribution in [2.75, 3.05) is 30.9 Å². The zero-order valence-corrected chi connectivity index (χ0v) is 11.7. The van der Waals surface area contributed by atoms with Crippen molar-refractivity contribution in [2.45, 2.75) is 31.9 Å². The second-order valence-corrected chi connectivity index (χ2v) is 5.52. The summed E-state index contributed by atoms with van der Waals surface area (Å²) in [6.07, 6.45) is -2.37. The van der Waals surface area contributed by atoms with Gasteiger partial charge in [-0.1, -0.05) is 0 Å². The molecule has 0 amide bonds. The smallest absolute Gasteiger partial charge is 0.354 e. The highest BCUT2D eigenvalue weighted by atomic mass is 19.4. The van der Waals surface area contributed by atoms with E-state index >= 15 is 0 Å². The van der Waals surface area contributed by atoms with Gasteiger partial charge in [-0.3, -0.25) is 0 Å². The summed E-state index contributed by atoms with van der Waals surface area (Å²) in [7, 11) is 3.68. The van der Waals surface area contributed by atoms with Crippen molar-refractivity contribution in [1.29, 1.82) is 0 Å². The third-order valence-electron chi connectivity index (χ3n) is 3.74. The second-order valence-electron chi connectivity index (χ2n) is 5.52. The van der Waals surface area contributed by atoms with Crippen molar-refractivity contribution in [3.63, 3.8) is 0 Å². The maximum Gasteiger partial charge on any atom is 0.391 e. The summed E-state index contributed by atoms with van der Waals surface area (Å²) in [5.41, 5.74) is 0. The Hall–Kier alpha value is -1.47. The predicted molar refractivity (Wildman–Crippen MR) is 70.7 cm³/mol. The molecular weight excluding hydrogens is 271 g/mol. The number of halogens is 3. The quantitative estimate of drug-likeness (QED) is 0.895. The number of nitrogens with one attached hydrogen (secondary N) is 2. The van der Waals surface area contributed by atoms with Crippen LogP contribution in [0, 0.1) is 11.8 Å². The molecule has 1 aliphatic carbocycles. The molecule has 8 heteroatoms. The van der Waals surface area contributed by atoms with E-state index in [9.17, 15) is 13.2 Å². The van der Waals surface area contributed by atoms with E-state index in [0.29, 0.717) is 31.3 Å². The van der Waals surface area contributed by atoms with Gasteiger partial charge in [0.05, 0.1) is 5.92 Å². The number of hydrogen-bond acceptors (Lipinski definition) is 4. The van der Waals surface area contributed by atoms with Crippen LogP contribution in [-0.4, -0.2) is 42.0 Å². The number of H-pyrrole nitrogens is 1. The fourth-order valence-corrected chi connectivity index (χ4v) is 2.47. The van der Waals surface area contributed by atoms with Gasteiger partial charge in [-0.25, -0.2) is 5.10 Å². The van der Waals surface area contributed by atoms with Crippen molar-refractivity contribution < 1.29 is 13.2 Å². The molecule has 114 valence electrons. The van der Waals surface area contributed by atoms with Crippen LogP contribution in [0.4, 0.5) is 25.1 Å². The lowest BCUT2D eigenvalue weighted by Crippen LogP contribution is -2.29. The van der Waals surface area contributed by atoms with Gasteiger partial charge in [0.2, 0.25) is 11.9 Å². The number of hydrogen-bond donors (Lipinski definition) is 2. The van der Waals surface area contributed by atoms with Crippen LogP contribution in [0.25, 0.3) is 0 Å². The topological polar surface area (TPSA) is 56.8 Å². The van der Waals surface area contributed by atoms with Crippen molar-refractivity contribution >= 4 is 11.9 Å². The Kier molecular flexibility index (Phi) is 4.39. The van der Waals surface area contributed by atoms with Crippen molar-refractivity contribution in [3.05, 3.63) is 0 Å². The summed E-state index contributed by atoms with van der Waals surface area (Å²) >= 11 is 0. The number of alkyl halides is 3. The van der Waals surface area contributed by atoms with Crippen LogP contribution in [0.15, 0.2) is 0 Å². The summed E-state index contributed by atoms with van der Waals surface area (Å²) < 4.78 is 37.7. The molecule has 0 aliphatic heterocycles. The molecule has 2 N–H and O–H groups in total. The number of aromatic nitrogens is 3. The predicted octanol–water partition coefficient (Wildman–Crippen LogP) is 2.65. The van der Waals surface area contributed by atoms with Crippen LogP contribution in [-0.2, 0) is 0 Å². The van der Waals surface area contributed by atoms with Crippen LogP contribution in [0.2, 0.25) is 0 Å². The van der Waals surface area contributed by atoms with E-state index in [2.05, 4.69) is 20.5 Å². The lowest BCUT2D eigenvalue weighted by atomic mass is 9.81. The van der Waals surface area contributed by atoms with Crippen molar-refractivity contribution in [1.82, 2.24) is 15.2 Å². The second kappa shape index (κ2) is 5.88. The minimum atomic E-state index is -4.04. The van der Waals surface area contributed by atoms with E-state index in [1.165, 1.54) is 0 Å². The third kappa shape index (κ3) is 3.77. The van der Waals surface area contributed by atoms with Gasteiger partial charge < -0.3 is 10.2 Å². The summed E-state index contributed by atoms with van der Waals surface area (Å²) in [4.78, 5) is 5.99. The highest BCUT2D eigenvalue weighted by Crippen LogP contribution is 2.39. The van der Waals surface area contributed by atoms with Crippen molar-refractivity contribution in [3.8, 4) is 0 Å². The molecule has 1 saturated carbocycles. The zero-order chi connectivity index (χ0) is 14.8. The van der Waals surface area contributed by atoms with Crippen molar-refractivity contribution in [2.24, 2.45) is 11.8 Å². The van der Waals surface area contributed by atoms with Gasteiger partial charge in [-0.2, -0.15) is 18.2 Å².